The number of hydrogen-bond acceptors (Lipinski definition) is 6. The van der Waals surface area contributed by atoms with Crippen LogP contribution in [-0.2, 0) is 4.79 Å². The molecule has 0 bridgehead atoms. The number of rotatable bonds is 9. The molecule has 162 valence electrons. The predicted octanol–water partition coefficient (Wildman–Crippen LogP) is 5.85. The van der Waals surface area contributed by atoms with Gasteiger partial charge in [0.1, 0.15) is 34.8 Å². The van der Waals surface area contributed by atoms with Crippen molar-refractivity contribution in [2.24, 2.45) is 0 Å². The molecule has 3 rings (SSSR count). The lowest BCUT2D eigenvalue weighted by atomic mass is 10.1. The first-order valence-electron chi connectivity index (χ1n) is 9.18. The van der Waals surface area contributed by atoms with E-state index in [0.717, 1.165) is 0 Å². The number of benzene rings is 2. The van der Waals surface area contributed by atoms with Gasteiger partial charge in [0.25, 0.3) is 5.91 Å². The van der Waals surface area contributed by atoms with Crippen LogP contribution in [0.4, 0.5) is 0 Å². The topological polar surface area (TPSA) is 48.0 Å². The molecular weight excluding hydrogens is 477 g/mol. The quantitative estimate of drug-likeness (QED) is 0.188. The van der Waals surface area contributed by atoms with E-state index < -0.39 is 0 Å². The third-order valence-electron chi connectivity index (χ3n) is 4.15. The van der Waals surface area contributed by atoms with Gasteiger partial charge in [0.15, 0.2) is 0 Å². The van der Waals surface area contributed by atoms with E-state index in [4.69, 9.17) is 49.6 Å². The summed E-state index contributed by atoms with van der Waals surface area (Å²) in [6.07, 6.45) is 3.30. The average Bonchev–Trinajstić information content (AvgIpc) is 3.00. The molecule has 2 aromatic carbocycles. The number of methoxy groups -OCH3 is 1. The summed E-state index contributed by atoms with van der Waals surface area (Å²) >= 11 is 19.0. The van der Waals surface area contributed by atoms with Crippen LogP contribution in [0.15, 0.2) is 54.0 Å². The molecule has 2 aromatic rings. The Labute approximate surface area is 200 Å². The smallest absolute Gasteiger partial charge is 0.266 e. The summed E-state index contributed by atoms with van der Waals surface area (Å²) in [5.41, 5.74) is 0.581. The second kappa shape index (κ2) is 10.9. The molecule has 1 aliphatic rings. The van der Waals surface area contributed by atoms with Crippen LogP contribution in [0.3, 0.4) is 0 Å². The molecule has 0 unspecified atom stereocenters. The van der Waals surface area contributed by atoms with Gasteiger partial charge in [-0.1, -0.05) is 59.3 Å². The van der Waals surface area contributed by atoms with E-state index in [2.05, 4.69) is 6.58 Å². The Kier molecular flexibility index (Phi) is 8.26. The lowest BCUT2D eigenvalue weighted by Gasteiger charge is -2.13. The molecule has 0 atom stereocenters. The van der Waals surface area contributed by atoms with Crippen LogP contribution in [0.5, 0.6) is 17.2 Å². The Balaban J connectivity index is 1.73. The Hall–Kier alpha value is -2.19. The van der Waals surface area contributed by atoms with Crippen molar-refractivity contribution in [3.63, 3.8) is 0 Å². The summed E-state index contributed by atoms with van der Waals surface area (Å²) in [5, 5.41) is 0.763. The summed E-state index contributed by atoms with van der Waals surface area (Å²) in [4.78, 5) is 14.6. The van der Waals surface area contributed by atoms with Gasteiger partial charge in [0, 0.05) is 23.2 Å². The first-order valence-corrected chi connectivity index (χ1v) is 11.2. The van der Waals surface area contributed by atoms with E-state index in [0.29, 0.717) is 48.6 Å². The number of thioether (sulfide) groups is 1. The molecule has 31 heavy (non-hydrogen) atoms. The van der Waals surface area contributed by atoms with Crippen LogP contribution in [0.2, 0.25) is 10.0 Å². The van der Waals surface area contributed by atoms with Crippen molar-refractivity contribution in [2.75, 3.05) is 26.9 Å². The average molecular weight is 496 g/mol. The third kappa shape index (κ3) is 5.95. The second-order valence-electron chi connectivity index (χ2n) is 6.26. The minimum absolute atomic E-state index is 0.196. The highest BCUT2D eigenvalue weighted by atomic mass is 35.5. The number of amides is 1. The van der Waals surface area contributed by atoms with Gasteiger partial charge < -0.3 is 14.2 Å². The maximum absolute atomic E-state index is 12.6. The van der Waals surface area contributed by atoms with Gasteiger partial charge in [-0.3, -0.25) is 9.69 Å². The first kappa shape index (κ1) is 23.5. The molecular formula is C22H19Cl2NO4S2. The molecule has 1 amide bonds. The fraction of sp³-hybridized carbons (Fsp3) is 0.182. The van der Waals surface area contributed by atoms with Crippen molar-refractivity contribution in [3.05, 3.63) is 69.6 Å². The zero-order valence-corrected chi connectivity index (χ0v) is 19.7. The lowest BCUT2D eigenvalue weighted by molar-refractivity contribution is -0.121. The number of ether oxygens (including phenoxy) is 3. The van der Waals surface area contributed by atoms with Gasteiger partial charge in [0.2, 0.25) is 0 Å². The molecule has 1 heterocycles. The minimum Gasteiger partial charge on any atom is -0.497 e. The van der Waals surface area contributed by atoms with E-state index in [9.17, 15) is 4.79 Å². The summed E-state index contributed by atoms with van der Waals surface area (Å²) in [6.45, 7) is 4.52. The normalized spacial score (nSPS) is 14.8. The molecule has 0 saturated carbocycles. The number of hydrogen-bond donors (Lipinski definition) is 0. The Morgan fingerprint density at radius 1 is 1.16 bits per heavy atom. The summed E-state index contributed by atoms with van der Waals surface area (Å²) < 4.78 is 17.2. The van der Waals surface area contributed by atoms with Crippen LogP contribution in [-0.4, -0.2) is 42.0 Å². The first-order chi connectivity index (χ1) is 14.9. The van der Waals surface area contributed by atoms with Gasteiger partial charge in [-0.25, -0.2) is 0 Å². The van der Waals surface area contributed by atoms with E-state index in [1.54, 1.807) is 37.5 Å². The van der Waals surface area contributed by atoms with Crippen molar-refractivity contribution < 1.29 is 19.0 Å². The summed E-state index contributed by atoms with van der Waals surface area (Å²) in [5.74, 6) is 1.58. The fourth-order valence-electron chi connectivity index (χ4n) is 2.76. The maximum Gasteiger partial charge on any atom is 0.266 e. The van der Waals surface area contributed by atoms with E-state index in [1.807, 2.05) is 18.2 Å². The molecule has 1 fully saturated rings. The van der Waals surface area contributed by atoms with Crippen molar-refractivity contribution >= 4 is 63.5 Å². The number of carbonyl (C=O) groups excluding carboxylic acids is 1. The highest BCUT2D eigenvalue weighted by Crippen LogP contribution is 2.38. The SMILES string of the molecule is C=CCN1C(=O)/C(=C/c2cc(Cl)cc(Cl)c2OCCOc2cccc(OC)c2)SC1=S. The predicted molar refractivity (Wildman–Crippen MR) is 131 cm³/mol. The molecule has 0 radical (unpaired) electrons. The maximum atomic E-state index is 12.6. The molecule has 5 nitrogen and oxygen atoms in total. The van der Waals surface area contributed by atoms with Gasteiger partial charge in [-0.05, 0) is 30.3 Å². The Morgan fingerprint density at radius 3 is 2.65 bits per heavy atom. The zero-order chi connectivity index (χ0) is 22.4. The van der Waals surface area contributed by atoms with Crippen LogP contribution < -0.4 is 14.2 Å². The molecule has 1 aliphatic heterocycles. The van der Waals surface area contributed by atoms with Crippen molar-refractivity contribution in [2.45, 2.75) is 0 Å². The van der Waals surface area contributed by atoms with E-state index in [-0.39, 0.29) is 19.1 Å². The molecule has 0 N–H and O–H groups in total. The van der Waals surface area contributed by atoms with E-state index in [1.165, 1.54) is 16.7 Å². The molecule has 1 saturated heterocycles. The zero-order valence-electron chi connectivity index (χ0n) is 16.6. The molecule has 0 aromatic heterocycles. The monoisotopic (exact) mass is 495 g/mol. The number of carbonyl (C=O) groups is 1. The highest BCUT2D eigenvalue weighted by molar-refractivity contribution is 8.26. The van der Waals surface area contributed by atoms with Crippen LogP contribution >= 0.6 is 47.2 Å². The highest BCUT2D eigenvalue weighted by Gasteiger charge is 2.31. The molecule has 9 heteroatoms. The van der Waals surface area contributed by atoms with Gasteiger partial charge in [0.05, 0.1) is 17.0 Å². The lowest BCUT2D eigenvalue weighted by Crippen LogP contribution is -2.27. The number of thiocarbonyl (C=S) groups is 1. The summed E-state index contributed by atoms with van der Waals surface area (Å²) in [7, 11) is 1.59. The van der Waals surface area contributed by atoms with Crippen LogP contribution in [0.1, 0.15) is 5.56 Å². The van der Waals surface area contributed by atoms with Crippen molar-refractivity contribution in [1.82, 2.24) is 4.90 Å². The molecule has 0 spiro atoms. The van der Waals surface area contributed by atoms with Gasteiger partial charge >= 0.3 is 0 Å². The number of nitrogens with zero attached hydrogens (tertiary/aromatic N) is 1. The van der Waals surface area contributed by atoms with E-state index >= 15 is 0 Å². The van der Waals surface area contributed by atoms with Crippen LogP contribution in [0, 0.1) is 0 Å². The largest absolute Gasteiger partial charge is 0.497 e. The van der Waals surface area contributed by atoms with Gasteiger partial charge in [-0.15, -0.1) is 6.58 Å². The van der Waals surface area contributed by atoms with Gasteiger partial charge in [-0.2, -0.15) is 0 Å². The Morgan fingerprint density at radius 2 is 1.90 bits per heavy atom. The second-order valence-corrected chi connectivity index (χ2v) is 8.78. The van der Waals surface area contributed by atoms with Crippen LogP contribution in [0.25, 0.3) is 6.08 Å². The standard InChI is InChI=1S/C22H19Cl2NO4S2/c1-3-7-25-21(26)19(31-22(25)30)11-14-10-15(23)12-18(24)20(14)29-9-8-28-17-6-4-5-16(13-17)27-2/h3-6,10-13H,1,7-9H2,2H3/b19-11-. The Bertz CT molecular complexity index is 1040. The third-order valence-corrected chi connectivity index (χ3v) is 6.03. The number of halogens is 2. The molecule has 0 aliphatic carbocycles. The minimum atomic E-state index is -0.196. The fourth-order valence-corrected chi connectivity index (χ4v) is 4.59. The van der Waals surface area contributed by atoms with Crippen molar-refractivity contribution in [1.29, 1.82) is 0 Å². The summed E-state index contributed by atoms with van der Waals surface area (Å²) in [6, 6.07) is 10.6. The van der Waals surface area contributed by atoms with Crippen molar-refractivity contribution in [3.8, 4) is 17.2 Å².